The second-order valence-corrected chi connectivity index (χ2v) is 3.13. The van der Waals surface area contributed by atoms with Crippen LogP contribution in [0.25, 0.3) is 0 Å². The van der Waals surface area contributed by atoms with Crippen LogP contribution in [-0.4, -0.2) is 23.9 Å². The van der Waals surface area contributed by atoms with E-state index in [4.69, 9.17) is 9.47 Å². The van der Waals surface area contributed by atoms with Crippen LogP contribution in [0.4, 0.5) is 0 Å². The maximum absolute atomic E-state index is 5.41. The fourth-order valence-corrected chi connectivity index (χ4v) is 1.64. The lowest BCUT2D eigenvalue weighted by Gasteiger charge is -1.99. The zero-order chi connectivity index (χ0) is 6.06. The van der Waals surface area contributed by atoms with Crippen LogP contribution in [-0.2, 0) is 9.47 Å². The Labute approximate surface area is 53.4 Å². The van der Waals surface area contributed by atoms with Gasteiger partial charge in [-0.1, -0.05) is 12.2 Å². The fourth-order valence-electron chi connectivity index (χ4n) is 1.64. The van der Waals surface area contributed by atoms with Gasteiger partial charge < -0.3 is 9.47 Å². The molecule has 48 valence electrons. The molecule has 2 nitrogen and oxygen atoms in total. The molecule has 0 aromatic rings. The van der Waals surface area contributed by atoms with E-state index in [2.05, 4.69) is 19.1 Å². The van der Waals surface area contributed by atoms with Crippen molar-refractivity contribution in [2.75, 3.05) is 0 Å². The third kappa shape index (κ3) is 0.373. The van der Waals surface area contributed by atoms with Gasteiger partial charge in [-0.3, -0.25) is 0 Å². The summed E-state index contributed by atoms with van der Waals surface area (Å²) in [5.41, 5.74) is 0.0689. The third-order valence-electron chi connectivity index (χ3n) is 2.45. The van der Waals surface area contributed by atoms with Crippen LogP contribution in [0.2, 0.25) is 0 Å². The molecule has 0 radical (unpaired) electrons. The summed E-state index contributed by atoms with van der Waals surface area (Å²) in [4.78, 5) is 0. The molecule has 9 heavy (non-hydrogen) atoms. The Balaban J connectivity index is 2.06. The number of rotatable bonds is 0. The van der Waals surface area contributed by atoms with Crippen LogP contribution >= 0.6 is 0 Å². The molecule has 1 aliphatic carbocycles. The summed E-state index contributed by atoms with van der Waals surface area (Å²) in [7, 11) is 0. The van der Waals surface area contributed by atoms with Crippen molar-refractivity contribution in [2.24, 2.45) is 0 Å². The molecule has 0 spiro atoms. The molecule has 2 heterocycles. The van der Waals surface area contributed by atoms with E-state index >= 15 is 0 Å². The van der Waals surface area contributed by atoms with Gasteiger partial charge in [0.05, 0.1) is 0 Å². The van der Waals surface area contributed by atoms with E-state index in [1.54, 1.807) is 0 Å². The minimum absolute atomic E-state index is 0.0689. The van der Waals surface area contributed by atoms with Crippen molar-refractivity contribution in [3.8, 4) is 0 Å². The first-order chi connectivity index (χ1) is 4.31. The number of hydrogen-bond acceptors (Lipinski definition) is 2. The zero-order valence-corrected chi connectivity index (χ0v) is 5.20. The van der Waals surface area contributed by atoms with Gasteiger partial charge in [0.2, 0.25) is 0 Å². The highest BCUT2D eigenvalue weighted by molar-refractivity contribution is 5.29. The standard InChI is InChI=1S/C7H8O2/c1-7-5(9-7)3-2-4-6(7)8-4/h2-6H,1H3/t4-,5-,6+,7-/m1/s1. The minimum Gasteiger partial charge on any atom is -0.362 e. The molecule has 3 rings (SSSR count). The van der Waals surface area contributed by atoms with Crippen molar-refractivity contribution >= 4 is 0 Å². The Kier molecular flexibility index (Phi) is 0.485. The molecule has 0 bridgehead atoms. The average Bonchev–Trinajstić information content (AvgIpc) is 2.52. The van der Waals surface area contributed by atoms with Crippen molar-refractivity contribution in [1.29, 1.82) is 0 Å². The minimum atomic E-state index is 0.0689. The summed E-state index contributed by atoms with van der Waals surface area (Å²) in [6.07, 6.45) is 5.33. The third-order valence-corrected chi connectivity index (χ3v) is 2.45. The Morgan fingerprint density at radius 2 is 2.33 bits per heavy atom. The molecule has 0 saturated carbocycles. The zero-order valence-electron chi connectivity index (χ0n) is 5.20. The molecule has 2 fully saturated rings. The first-order valence-electron chi connectivity index (χ1n) is 3.32. The van der Waals surface area contributed by atoms with Gasteiger partial charge in [-0.05, 0) is 6.92 Å². The normalized spacial score (nSPS) is 66.6. The summed E-state index contributed by atoms with van der Waals surface area (Å²) < 4.78 is 10.7. The van der Waals surface area contributed by atoms with Crippen LogP contribution in [0, 0.1) is 0 Å². The van der Waals surface area contributed by atoms with Crippen LogP contribution in [0.15, 0.2) is 12.2 Å². The molecule has 0 aromatic heterocycles. The monoisotopic (exact) mass is 124 g/mol. The first-order valence-corrected chi connectivity index (χ1v) is 3.32. The summed E-state index contributed by atoms with van der Waals surface area (Å²) >= 11 is 0. The van der Waals surface area contributed by atoms with Gasteiger partial charge in [-0.15, -0.1) is 0 Å². The largest absolute Gasteiger partial charge is 0.362 e. The Bertz CT molecular complexity index is 199. The lowest BCUT2D eigenvalue weighted by Crippen LogP contribution is -2.21. The molecular weight excluding hydrogens is 116 g/mol. The van der Waals surface area contributed by atoms with Crippen LogP contribution in [0.1, 0.15) is 6.92 Å². The predicted molar refractivity (Wildman–Crippen MR) is 31.1 cm³/mol. The molecule has 2 saturated heterocycles. The summed E-state index contributed by atoms with van der Waals surface area (Å²) in [6, 6.07) is 0. The van der Waals surface area contributed by atoms with E-state index in [-0.39, 0.29) is 5.60 Å². The Hall–Kier alpha value is -0.340. The van der Waals surface area contributed by atoms with E-state index < -0.39 is 0 Å². The quantitative estimate of drug-likeness (QED) is 0.346. The number of epoxide rings is 2. The summed E-state index contributed by atoms with van der Waals surface area (Å²) in [5.74, 6) is 0. The summed E-state index contributed by atoms with van der Waals surface area (Å²) in [6.45, 7) is 2.12. The predicted octanol–water partition coefficient (Wildman–Crippen LogP) is 0.481. The lowest BCUT2D eigenvalue weighted by molar-refractivity contribution is 0.248. The molecular formula is C7H8O2. The highest BCUT2D eigenvalue weighted by atomic mass is 16.7. The topological polar surface area (TPSA) is 25.1 Å². The molecule has 3 aliphatic rings. The van der Waals surface area contributed by atoms with Crippen LogP contribution < -0.4 is 0 Å². The van der Waals surface area contributed by atoms with Gasteiger partial charge in [0.25, 0.3) is 0 Å². The van der Waals surface area contributed by atoms with Gasteiger partial charge in [0.1, 0.15) is 23.9 Å². The molecule has 2 aliphatic heterocycles. The Morgan fingerprint density at radius 1 is 1.44 bits per heavy atom. The summed E-state index contributed by atoms with van der Waals surface area (Å²) in [5, 5.41) is 0. The van der Waals surface area contributed by atoms with Gasteiger partial charge in [-0.25, -0.2) is 0 Å². The van der Waals surface area contributed by atoms with E-state index in [0.717, 1.165) is 0 Å². The molecule has 0 unspecified atom stereocenters. The van der Waals surface area contributed by atoms with Crippen molar-refractivity contribution < 1.29 is 9.47 Å². The fraction of sp³-hybridized carbons (Fsp3) is 0.714. The number of fused-ring (bicyclic) bond motifs is 3. The highest BCUT2D eigenvalue weighted by Crippen LogP contribution is 2.52. The SMILES string of the molecule is C[C@@]12O[C@@H]1C=C[C@H]1O[C@@H]12. The van der Waals surface area contributed by atoms with Crippen molar-refractivity contribution in [3.05, 3.63) is 12.2 Å². The number of hydrogen-bond donors (Lipinski definition) is 0. The van der Waals surface area contributed by atoms with Gasteiger partial charge in [-0.2, -0.15) is 0 Å². The molecule has 2 heteroatoms. The first kappa shape index (κ1) is 4.47. The highest BCUT2D eigenvalue weighted by Gasteiger charge is 2.68. The maximum Gasteiger partial charge on any atom is 0.125 e. The average molecular weight is 124 g/mol. The number of ether oxygens (including phenoxy) is 2. The Morgan fingerprint density at radius 3 is 3.11 bits per heavy atom. The smallest absolute Gasteiger partial charge is 0.125 e. The van der Waals surface area contributed by atoms with Gasteiger partial charge in [0.15, 0.2) is 0 Å². The lowest BCUT2D eigenvalue weighted by atomic mass is 9.96. The van der Waals surface area contributed by atoms with Crippen LogP contribution in [0.5, 0.6) is 0 Å². The van der Waals surface area contributed by atoms with E-state index in [9.17, 15) is 0 Å². The molecule has 4 atom stereocenters. The second-order valence-electron chi connectivity index (χ2n) is 3.13. The van der Waals surface area contributed by atoms with E-state index in [1.165, 1.54) is 0 Å². The molecule has 0 amide bonds. The van der Waals surface area contributed by atoms with Crippen molar-refractivity contribution in [2.45, 2.75) is 30.8 Å². The molecule has 0 aromatic carbocycles. The van der Waals surface area contributed by atoms with E-state index in [0.29, 0.717) is 18.3 Å². The van der Waals surface area contributed by atoms with Crippen molar-refractivity contribution in [3.63, 3.8) is 0 Å². The van der Waals surface area contributed by atoms with Gasteiger partial charge in [0, 0.05) is 0 Å². The van der Waals surface area contributed by atoms with Gasteiger partial charge >= 0.3 is 0 Å². The maximum atomic E-state index is 5.41. The second kappa shape index (κ2) is 0.976. The van der Waals surface area contributed by atoms with E-state index in [1.807, 2.05) is 0 Å². The van der Waals surface area contributed by atoms with Crippen molar-refractivity contribution in [1.82, 2.24) is 0 Å². The van der Waals surface area contributed by atoms with Crippen LogP contribution in [0.3, 0.4) is 0 Å². The molecule has 0 N–H and O–H groups in total.